The fourth-order valence-corrected chi connectivity index (χ4v) is 2.36. The van der Waals surface area contributed by atoms with Gasteiger partial charge in [-0.05, 0) is 36.4 Å². The average Bonchev–Trinajstić information content (AvgIpc) is 2.73. The normalized spacial score (nSPS) is 10.2. The van der Waals surface area contributed by atoms with Crippen molar-refractivity contribution >= 4 is 11.7 Å². The molecule has 1 aromatic heterocycles. The lowest BCUT2D eigenvalue weighted by molar-refractivity contribution is -0.384. The summed E-state index contributed by atoms with van der Waals surface area (Å²) >= 11 is 0. The molecule has 0 saturated carbocycles. The van der Waals surface area contributed by atoms with Crippen LogP contribution in [0, 0.1) is 10.1 Å². The second-order valence-electron chi connectivity index (χ2n) is 5.65. The zero-order valence-corrected chi connectivity index (χ0v) is 14.9. The lowest BCUT2D eigenvalue weighted by Crippen LogP contribution is -2.08. The third-order valence-electron chi connectivity index (χ3n) is 3.77. The van der Waals surface area contributed by atoms with E-state index in [2.05, 4.69) is 4.98 Å². The first-order valence-electron chi connectivity index (χ1n) is 8.23. The standard InChI is InChI=1S/C20H16N2O6/c1-26-16-5-7-17(8-6-16)28-19-9-4-15(22(24)25)11-18(19)20(23)27-13-14-3-2-10-21-12-14/h2-12H,13H2,1H3. The van der Waals surface area contributed by atoms with Crippen LogP contribution in [0.25, 0.3) is 0 Å². The van der Waals surface area contributed by atoms with Crippen LogP contribution < -0.4 is 9.47 Å². The molecule has 0 aliphatic carbocycles. The Morgan fingerprint density at radius 1 is 1.11 bits per heavy atom. The van der Waals surface area contributed by atoms with Gasteiger partial charge in [-0.25, -0.2) is 4.79 Å². The van der Waals surface area contributed by atoms with Crippen LogP contribution in [0.4, 0.5) is 5.69 Å². The van der Waals surface area contributed by atoms with Crippen molar-refractivity contribution in [1.29, 1.82) is 0 Å². The summed E-state index contributed by atoms with van der Waals surface area (Å²) in [6, 6.07) is 13.9. The van der Waals surface area contributed by atoms with Crippen LogP contribution in [0.1, 0.15) is 15.9 Å². The number of pyridine rings is 1. The third kappa shape index (κ3) is 4.61. The average molecular weight is 380 g/mol. The summed E-state index contributed by atoms with van der Waals surface area (Å²) in [6.45, 7) is -0.0165. The lowest BCUT2D eigenvalue weighted by Gasteiger charge is -2.11. The van der Waals surface area contributed by atoms with E-state index >= 15 is 0 Å². The Bertz CT molecular complexity index is 974. The number of nitrogens with zero attached hydrogens (tertiary/aromatic N) is 2. The topological polar surface area (TPSA) is 101 Å². The number of aromatic nitrogens is 1. The zero-order chi connectivity index (χ0) is 19.9. The molecule has 8 heteroatoms. The minimum atomic E-state index is -0.740. The lowest BCUT2D eigenvalue weighted by atomic mass is 10.1. The molecular weight excluding hydrogens is 364 g/mol. The molecule has 0 amide bonds. The van der Waals surface area contributed by atoms with Crippen molar-refractivity contribution in [2.45, 2.75) is 6.61 Å². The third-order valence-corrected chi connectivity index (χ3v) is 3.77. The van der Waals surface area contributed by atoms with E-state index in [0.29, 0.717) is 17.1 Å². The zero-order valence-electron chi connectivity index (χ0n) is 14.9. The summed E-state index contributed by atoms with van der Waals surface area (Å²) in [5.41, 5.74) is 0.406. The Morgan fingerprint density at radius 2 is 1.86 bits per heavy atom. The predicted octanol–water partition coefficient (Wildman–Crippen LogP) is 4.15. The van der Waals surface area contributed by atoms with Gasteiger partial charge in [0.15, 0.2) is 0 Å². The molecule has 0 fully saturated rings. The maximum absolute atomic E-state index is 12.5. The van der Waals surface area contributed by atoms with Crippen molar-refractivity contribution in [2.24, 2.45) is 0 Å². The number of non-ortho nitro benzene ring substituents is 1. The van der Waals surface area contributed by atoms with Gasteiger partial charge in [-0.15, -0.1) is 0 Å². The molecule has 0 unspecified atom stereocenters. The Kier molecular flexibility index (Phi) is 5.81. The molecule has 2 aromatic carbocycles. The second kappa shape index (κ2) is 8.63. The molecule has 0 spiro atoms. The number of nitro benzene ring substituents is 1. The van der Waals surface area contributed by atoms with Crippen molar-refractivity contribution in [1.82, 2.24) is 4.98 Å². The first kappa shape index (κ1) is 18.8. The molecule has 0 saturated heterocycles. The molecule has 142 valence electrons. The SMILES string of the molecule is COc1ccc(Oc2ccc([N+](=O)[O-])cc2C(=O)OCc2cccnc2)cc1. The number of hydrogen-bond acceptors (Lipinski definition) is 7. The molecule has 3 rings (SSSR count). The number of hydrogen-bond donors (Lipinski definition) is 0. The fraction of sp³-hybridized carbons (Fsp3) is 0.100. The van der Waals surface area contributed by atoms with E-state index in [1.54, 1.807) is 55.9 Å². The Hall–Kier alpha value is -3.94. The number of methoxy groups -OCH3 is 1. The summed E-state index contributed by atoms with van der Waals surface area (Å²) < 4.78 is 16.1. The van der Waals surface area contributed by atoms with Crippen LogP contribution in [-0.2, 0) is 11.3 Å². The van der Waals surface area contributed by atoms with Crippen molar-refractivity contribution in [2.75, 3.05) is 7.11 Å². The molecule has 28 heavy (non-hydrogen) atoms. The number of carbonyl (C=O) groups excluding carboxylic acids is 1. The number of benzene rings is 2. The van der Waals surface area contributed by atoms with Crippen molar-refractivity contribution in [3.8, 4) is 17.2 Å². The Labute approximate surface area is 160 Å². The van der Waals surface area contributed by atoms with E-state index < -0.39 is 10.9 Å². The predicted molar refractivity (Wildman–Crippen MR) is 99.5 cm³/mol. The first-order valence-corrected chi connectivity index (χ1v) is 8.23. The number of esters is 1. The summed E-state index contributed by atoms with van der Waals surface area (Å²) in [5.74, 6) is 0.492. The van der Waals surface area contributed by atoms with Crippen molar-refractivity contribution in [3.05, 3.63) is 88.2 Å². The Balaban J connectivity index is 1.84. The minimum absolute atomic E-state index is 0.0165. The van der Waals surface area contributed by atoms with Gasteiger partial charge < -0.3 is 14.2 Å². The van der Waals surface area contributed by atoms with E-state index in [9.17, 15) is 14.9 Å². The summed E-state index contributed by atoms with van der Waals surface area (Å²) in [6.07, 6.45) is 3.17. The molecule has 1 heterocycles. The molecular formula is C20H16N2O6. The molecule has 0 radical (unpaired) electrons. The molecule has 3 aromatic rings. The summed E-state index contributed by atoms with van der Waals surface area (Å²) in [4.78, 5) is 27.0. The quantitative estimate of drug-likeness (QED) is 0.345. The van der Waals surface area contributed by atoms with Gasteiger partial charge in [0.25, 0.3) is 5.69 Å². The van der Waals surface area contributed by atoms with Crippen LogP contribution in [0.2, 0.25) is 0 Å². The van der Waals surface area contributed by atoms with E-state index in [0.717, 1.165) is 6.07 Å². The highest BCUT2D eigenvalue weighted by Gasteiger charge is 2.20. The highest BCUT2D eigenvalue weighted by atomic mass is 16.6. The molecule has 0 aliphatic rings. The van der Waals surface area contributed by atoms with Gasteiger partial charge in [-0.1, -0.05) is 6.07 Å². The fourth-order valence-electron chi connectivity index (χ4n) is 2.36. The van der Waals surface area contributed by atoms with Gasteiger partial charge in [0.05, 0.1) is 12.0 Å². The van der Waals surface area contributed by atoms with Gasteiger partial charge >= 0.3 is 5.97 Å². The second-order valence-corrected chi connectivity index (χ2v) is 5.65. The number of ether oxygens (including phenoxy) is 3. The largest absolute Gasteiger partial charge is 0.497 e. The van der Waals surface area contributed by atoms with Crippen LogP contribution in [-0.4, -0.2) is 23.0 Å². The Morgan fingerprint density at radius 3 is 2.50 bits per heavy atom. The van der Waals surface area contributed by atoms with Crippen LogP contribution in [0.15, 0.2) is 67.0 Å². The van der Waals surface area contributed by atoms with E-state index in [-0.39, 0.29) is 23.6 Å². The highest BCUT2D eigenvalue weighted by molar-refractivity contribution is 5.93. The molecule has 0 atom stereocenters. The molecule has 0 bridgehead atoms. The maximum atomic E-state index is 12.5. The van der Waals surface area contributed by atoms with Crippen molar-refractivity contribution < 1.29 is 23.9 Å². The molecule has 0 N–H and O–H groups in total. The minimum Gasteiger partial charge on any atom is -0.497 e. The monoisotopic (exact) mass is 380 g/mol. The van der Waals surface area contributed by atoms with Crippen molar-refractivity contribution in [3.63, 3.8) is 0 Å². The highest BCUT2D eigenvalue weighted by Crippen LogP contribution is 2.30. The van der Waals surface area contributed by atoms with Gasteiger partial charge in [0.1, 0.15) is 29.4 Å². The summed E-state index contributed by atoms with van der Waals surface area (Å²) in [7, 11) is 1.54. The molecule has 0 aliphatic heterocycles. The van der Waals surface area contributed by atoms with Gasteiger partial charge in [0, 0.05) is 30.1 Å². The number of rotatable bonds is 7. The number of nitro groups is 1. The van der Waals surface area contributed by atoms with Gasteiger partial charge in [0.2, 0.25) is 0 Å². The van der Waals surface area contributed by atoms with Crippen LogP contribution in [0.5, 0.6) is 17.2 Å². The molecule has 8 nitrogen and oxygen atoms in total. The van der Waals surface area contributed by atoms with Crippen LogP contribution in [0.3, 0.4) is 0 Å². The van der Waals surface area contributed by atoms with E-state index in [4.69, 9.17) is 14.2 Å². The van der Waals surface area contributed by atoms with E-state index in [1.165, 1.54) is 12.1 Å². The van der Waals surface area contributed by atoms with Gasteiger partial charge in [-0.2, -0.15) is 0 Å². The van der Waals surface area contributed by atoms with E-state index in [1.807, 2.05) is 0 Å². The first-order chi connectivity index (χ1) is 13.6. The smallest absolute Gasteiger partial charge is 0.342 e. The van der Waals surface area contributed by atoms with Crippen LogP contribution >= 0.6 is 0 Å². The number of carbonyl (C=O) groups is 1. The maximum Gasteiger partial charge on any atom is 0.342 e. The summed E-state index contributed by atoms with van der Waals surface area (Å²) in [5, 5.41) is 11.1. The van der Waals surface area contributed by atoms with Gasteiger partial charge in [-0.3, -0.25) is 15.1 Å².